The van der Waals surface area contributed by atoms with E-state index < -0.39 is 12.3 Å². The van der Waals surface area contributed by atoms with Crippen molar-refractivity contribution in [2.24, 2.45) is 5.92 Å². The lowest BCUT2D eigenvalue weighted by molar-refractivity contribution is -0.0466. The average Bonchev–Trinajstić information content (AvgIpc) is 3.04. The number of para-hydroxylation sites is 1. The molecule has 7 heteroatoms. The minimum Gasteiger partial charge on any atom is -0.493 e. The normalized spacial score (nSPS) is 11.9. The Bertz CT molecular complexity index is 1510. The van der Waals surface area contributed by atoms with Gasteiger partial charge in [-0.1, -0.05) is 79.2 Å². The minimum absolute atomic E-state index is 0.179. The molecule has 0 saturated heterocycles. The van der Waals surface area contributed by atoms with Crippen LogP contribution in [0.25, 0.3) is 17.2 Å². The Kier molecular flexibility index (Phi) is 12.0. The molecule has 0 bridgehead atoms. The Morgan fingerprint density at radius 2 is 1.41 bits per heavy atom. The molecule has 0 radical (unpaired) electrons. The second kappa shape index (κ2) is 16.3. The molecule has 0 aromatic heterocycles. The first-order valence-corrected chi connectivity index (χ1v) is 14.8. The molecule has 4 rings (SSSR count). The standard InChI is InChI=1S/C37H40O7/c1-42-34-22-21-32(24-35(34)43-2)29-16-14-28(15-17-29)25-44-33-9-5-4-8-30(33)18-11-26(7-3-6-10-36(38)39)23-27-12-19-31(20-13-27)37(40)41/h4-5,8-9,11-22,24,26,36,38-39H,3,6-7,10,23,25H2,1-2H3,(H,40,41)/b18-11+. The quantitative estimate of drug-likeness (QED) is 0.0915. The molecule has 0 aliphatic heterocycles. The van der Waals surface area contributed by atoms with Crippen molar-refractivity contribution in [3.8, 4) is 28.4 Å². The molecule has 0 aliphatic rings. The van der Waals surface area contributed by atoms with Crippen LogP contribution in [0.2, 0.25) is 0 Å². The summed E-state index contributed by atoms with van der Waals surface area (Å²) in [5.74, 6) is 1.39. The molecular formula is C37H40O7. The Labute approximate surface area is 259 Å². The number of carboxylic acids is 1. The number of aliphatic hydroxyl groups excluding tert-OH is 1. The summed E-state index contributed by atoms with van der Waals surface area (Å²) >= 11 is 0. The summed E-state index contributed by atoms with van der Waals surface area (Å²) in [5, 5.41) is 27.6. The maximum absolute atomic E-state index is 11.2. The number of benzene rings is 4. The number of rotatable bonds is 16. The van der Waals surface area contributed by atoms with Gasteiger partial charge in [-0.15, -0.1) is 0 Å². The molecule has 0 fully saturated rings. The zero-order chi connectivity index (χ0) is 31.3. The van der Waals surface area contributed by atoms with Gasteiger partial charge in [0.25, 0.3) is 0 Å². The number of aromatic carboxylic acids is 1. The van der Waals surface area contributed by atoms with Gasteiger partial charge in [0, 0.05) is 5.56 Å². The van der Waals surface area contributed by atoms with E-state index in [2.05, 4.69) is 36.4 Å². The summed E-state index contributed by atoms with van der Waals surface area (Å²) in [4.78, 5) is 11.2. The number of carboxylic acid groups (broad SMARTS) is 1. The Morgan fingerprint density at radius 1 is 0.750 bits per heavy atom. The van der Waals surface area contributed by atoms with Gasteiger partial charge in [0.2, 0.25) is 0 Å². The van der Waals surface area contributed by atoms with Crippen LogP contribution in [0.15, 0.2) is 97.1 Å². The summed E-state index contributed by atoms with van der Waals surface area (Å²) in [6, 6.07) is 29.0. The number of ether oxygens (including phenoxy) is 3. The number of methoxy groups -OCH3 is 2. The van der Waals surface area contributed by atoms with E-state index in [1.807, 2.05) is 54.6 Å². The summed E-state index contributed by atoms with van der Waals surface area (Å²) in [6.45, 7) is 0.417. The van der Waals surface area contributed by atoms with Gasteiger partial charge in [-0.05, 0) is 84.2 Å². The molecule has 230 valence electrons. The van der Waals surface area contributed by atoms with Crippen molar-refractivity contribution in [3.63, 3.8) is 0 Å². The first kappa shape index (κ1) is 32.3. The molecular weight excluding hydrogens is 556 g/mol. The van der Waals surface area contributed by atoms with E-state index in [1.165, 1.54) is 0 Å². The number of carbonyl (C=O) groups is 1. The molecule has 0 aliphatic carbocycles. The third kappa shape index (κ3) is 9.46. The van der Waals surface area contributed by atoms with E-state index in [-0.39, 0.29) is 11.5 Å². The first-order chi connectivity index (χ1) is 21.4. The zero-order valence-electron chi connectivity index (χ0n) is 25.2. The molecule has 0 heterocycles. The molecule has 1 atom stereocenters. The van der Waals surface area contributed by atoms with Crippen LogP contribution in [0, 0.1) is 5.92 Å². The maximum atomic E-state index is 11.2. The maximum Gasteiger partial charge on any atom is 0.335 e. The Hall–Kier alpha value is -4.59. The highest BCUT2D eigenvalue weighted by molar-refractivity contribution is 5.87. The summed E-state index contributed by atoms with van der Waals surface area (Å²) in [5.41, 5.74) is 5.42. The van der Waals surface area contributed by atoms with Crippen LogP contribution < -0.4 is 14.2 Å². The van der Waals surface area contributed by atoms with Crippen molar-refractivity contribution >= 4 is 12.0 Å². The topological polar surface area (TPSA) is 105 Å². The average molecular weight is 597 g/mol. The Balaban J connectivity index is 1.43. The highest BCUT2D eigenvalue weighted by atomic mass is 16.5. The van der Waals surface area contributed by atoms with Crippen molar-refractivity contribution in [2.45, 2.75) is 45.0 Å². The summed E-state index contributed by atoms with van der Waals surface area (Å²) in [7, 11) is 3.25. The number of hydrogen-bond acceptors (Lipinski definition) is 6. The number of unbranched alkanes of at least 4 members (excludes halogenated alkanes) is 1. The molecule has 3 N–H and O–H groups in total. The molecule has 0 spiro atoms. The molecule has 0 amide bonds. The lowest BCUT2D eigenvalue weighted by Gasteiger charge is -2.15. The lowest BCUT2D eigenvalue weighted by Crippen LogP contribution is -2.06. The van der Waals surface area contributed by atoms with Crippen LogP contribution in [0.3, 0.4) is 0 Å². The van der Waals surface area contributed by atoms with Gasteiger partial charge < -0.3 is 29.5 Å². The summed E-state index contributed by atoms with van der Waals surface area (Å²) in [6.07, 6.45) is 6.45. The highest BCUT2D eigenvalue weighted by Gasteiger charge is 2.11. The number of hydrogen-bond donors (Lipinski definition) is 3. The largest absolute Gasteiger partial charge is 0.493 e. The van der Waals surface area contributed by atoms with Crippen LogP contribution in [0.4, 0.5) is 0 Å². The van der Waals surface area contributed by atoms with E-state index in [1.54, 1.807) is 26.4 Å². The van der Waals surface area contributed by atoms with Crippen LogP contribution in [0.1, 0.15) is 52.7 Å². The lowest BCUT2D eigenvalue weighted by atomic mass is 9.92. The predicted molar refractivity (Wildman–Crippen MR) is 172 cm³/mol. The van der Waals surface area contributed by atoms with Crippen LogP contribution >= 0.6 is 0 Å². The minimum atomic E-state index is -1.29. The van der Waals surface area contributed by atoms with Crippen molar-refractivity contribution < 1.29 is 34.3 Å². The molecule has 1 unspecified atom stereocenters. The van der Waals surface area contributed by atoms with Crippen molar-refractivity contribution in [2.75, 3.05) is 14.2 Å². The van der Waals surface area contributed by atoms with Gasteiger partial charge in [0.15, 0.2) is 17.8 Å². The zero-order valence-corrected chi connectivity index (χ0v) is 25.2. The molecule has 7 nitrogen and oxygen atoms in total. The number of allylic oxidation sites excluding steroid dienone is 1. The van der Waals surface area contributed by atoms with Gasteiger partial charge in [0.05, 0.1) is 19.8 Å². The van der Waals surface area contributed by atoms with Crippen LogP contribution in [-0.2, 0) is 13.0 Å². The fraction of sp³-hybridized carbons (Fsp3) is 0.270. The second-order valence-corrected chi connectivity index (χ2v) is 10.7. The monoisotopic (exact) mass is 596 g/mol. The van der Waals surface area contributed by atoms with Crippen molar-refractivity contribution in [1.82, 2.24) is 0 Å². The highest BCUT2D eigenvalue weighted by Crippen LogP contribution is 2.32. The predicted octanol–water partition coefficient (Wildman–Crippen LogP) is 7.39. The van der Waals surface area contributed by atoms with Gasteiger partial charge in [-0.3, -0.25) is 0 Å². The third-order valence-corrected chi connectivity index (χ3v) is 7.52. The van der Waals surface area contributed by atoms with Gasteiger partial charge in [-0.2, -0.15) is 0 Å². The third-order valence-electron chi connectivity index (χ3n) is 7.52. The van der Waals surface area contributed by atoms with Gasteiger partial charge in [-0.25, -0.2) is 4.79 Å². The van der Waals surface area contributed by atoms with E-state index >= 15 is 0 Å². The first-order valence-electron chi connectivity index (χ1n) is 14.8. The molecule has 44 heavy (non-hydrogen) atoms. The number of aliphatic hydroxyl groups is 2. The SMILES string of the molecule is COc1ccc(-c2ccc(COc3ccccc3/C=C/C(CCCCC(O)O)Cc3ccc(C(=O)O)cc3)cc2)cc1OC. The van der Waals surface area contributed by atoms with E-state index in [0.29, 0.717) is 30.9 Å². The van der Waals surface area contributed by atoms with Gasteiger partial charge >= 0.3 is 5.97 Å². The smallest absolute Gasteiger partial charge is 0.335 e. The van der Waals surface area contributed by atoms with Crippen molar-refractivity contribution in [3.05, 3.63) is 119 Å². The molecule has 4 aromatic rings. The van der Waals surface area contributed by atoms with E-state index in [9.17, 15) is 20.1 Å². The fourth-order valence-corrected chi connectivity index (χ4v) is 5.05. The van der Waals surface area contributed by atoms with E-state index in [0.717, 1.165) is 52.8 Å². The van der Waals surface area contributed by atoms with Crippen LogP contribution in [0.5, 0.6) is 17.2 Å². The van der Waals surface area contributed by atoms with E-state index in [4.69, 9.17) is 14.2 Å². The fourth-order valence-electron chi connectivity index (χ4n) is 5.05. The van der Waals surface area contributed by atoms with Crippen molar-refractivity contribution in [1.29, 1.82) is 0 Å². The molecule has 4 aromatic carbocycles. The molecule has 0 saturated carbocycles. The van der Waals surface area contributed by atoms with Crippen LogP contribution in [-0.4, -0.2) is 41.8 Å². The summed E-state index contributed by atoms with van der Waals surface area (Å²) < 4.78 is 17.0. The second-order valence-electron chi connectivity index (χ2n) is 10.7. The van der Waals surface area contributed by atoms with Gasteiger partial charge in [0.1, 0.15) is 12.4 Å². The Morgan fingerprint density at radius 3 is 2.09 bits per heavy atom.